The molecule has 4 heteroatoms. The van der Waals surface area contributed by atoms with Crippen LogP contribution in [0.2, 0.25) is 0 Å². The zero-order valence-corrected chi connectivity index (χ0v) is 13.4. The number of ether oxygens (including phenoxy) is 1. The molecule has 110 valence electrons. The average Bonchev–Trinajstić information content (AvgIpc) is 3.32. The third kappa shape index (κ3) is 3.44. The van der Waals surface area contributed by atoms with E-state index in [0.717, 1.165) is 27.9 Å². The lowest BCUT2D eigenvalue weighted by Gasteiger charge is -2.13. The SMILES string of the molecule is COc1ccc(-c2cc(Br)ccc2F)c(CNC2CC2)c1. The lowest BCUT2D eigenvalue weighted by molar-refractivity contribution is 0.414. The molecule has 0 saturated heterocycles. The molecule has 3 rings (SSSR count). The van der Waals surface area contributed by atoms with Gasteiger partial charge in [-0.2, -0.15) is 0 Å². The number of methoxy groups -OCH3 is 1. The Bertz CT molecular complexity index is 655. The monoisotopic (exact) mass is 349 g/mol. The van der Waals surface area contributed by atoms with Gasteiger partial charge in [-0.1, -0.05) is 22.0 Å². The maximum absolute atomic E-state index is 14.2. The van der Waals surface area contributed by atoms with E-state index in [2.05, 4.69) is 21.2 Å². The standard InChI is InChI=1S/C17H17BrFNO/c1-21-14-5-6-15(11(8-14)10-20-13-3-4-13)16-9-12(18)2-7-17(16)19/h2,5-9,13,20H,3-4,10H2,1H3. The third-order valence-corrected chi connectivity index (χ3v) is 4.18. The van der Waals surface area contributed by atoms with E-state index in [1.807, 2.05) is 24.3 Å². The Morgan fingerprint density at radius 1 is 1.19 bits per heavy atom. The largest absolute Gasteiger partial charge is 0.497 e. The molecule has 1 aliphatic rings. The summed E-state index contributed by atoms with van der Waals surface area (Å²) in [7, 11) is 1.65. The highest BCUT2D eigenvalue weighted by Crippen LogP contribution is 2.32. The van der Waals surface area contributed by atoms with Gasteiger partial charge in [-0.25, -0.2) is 4.39 Å². The van der Waals surface area contributed by atoms with Crippen LogP contribution in [0.1, 0.15) is 18.4 Å². The van der Waals surface area contributed by atoms with E-state index in [4.69, 9.17) is 4.74 Å². The Labute approximate surface area is 132 Å². The van der Waals surface area contributed by atoms with Gasteiger partial charge in [0.05, 0.1) is 7.11 Å². The molecule has 0 heterocycles. The van der Waals surface area contributed by atoms with Crippen molar-refractivity contribution in [3.63, 3.8) is 0 Å². The van der Waals surface area contributed by atoms with E-state index in [1.54, 1.807) is 13.2 Å². The van der Waals surface area contributed by atoms with Crippen LogP contribution in [0.25, 0.3) is 11.1 Å². The van der Waals surface area contributed by atoms with E-state index in [1.165, 1.54) is 18.9 Å². The summed E-state index contributed by atoms with van der Waals surface area (Å²) < 4.78 is 20.3. The van der Waals surface area contributed by atoms with Crippen LogP contribution in [0.4, 0.5) is 4.39 Å². The highest BCUT2D eigenvalue weighted by Gasteiger charge is 2.21. The topological polar surface area (TPSA) is 21.3 Å². The Balaban J connectivity index is 2.00. The van der Waals surface area contributed by atoms with Crippen molar-refractivity contribution in [1.29, 1.82) is 0 Å². The lowest BCUT2D eigenvalue weighted by atomic mass is 9.98. The summed E-state index contributed by atoms with van der Waals surface area (Å²) >= 11 is 3.41. The van der Waals surface area contributed by atoms with Crippen LogP contribution in [-0.4, -0.2) is 13.2 Å². The van der Waals surface area contributed by atoms with E-state index in [0.29, 0.717) is 11.6 Å². The minimum absolute atomic E-state index is 0.212. The van der Waals surface area contributed by atoms with Crippen LogP contribution in [0.3, 0.4) is 0 Å². The van der Waals surface area contributed by atoms with Crippen LogP contribution < -0.4 is 10.1 Å². The molecule has 0 bridgehead atoms. The van der Waals surface area contributed by atoms with Crippen LogP contribution >= 0.6 is 15.9 Å². The van der Waals surface area contributed by atoms with E-state index >= 15 is 0 Å². The molecule has 0 atom stereocenters. The van der Waals surface area contributed by atoms with Gasteiger partial charge in [-0.15, -0.1) is 0 Å². The first-order chi connectivity index (χ1) is 10.2. The second-order valence-corrected chi connectivity index (χ2v) is 6.22. The Kier molecular flexibility index (Phi) is 4.27. The van der Waals surface area contributed by atoms with Gasteiger partial charge >= 0.3 is 0 Å². The molecule has 2 nitrogen and oxygen atoms in total. The molecule has 1 N–H and O–H groups in total. The highest BCUT2D eigenvalue weighted by molar-refractivity contribution is 9.10. The van der Waals surface area contributed by atoms with E-state index in [9.17, 15) is 4.39 Å². The molecule has 1 saturated carbocycles. The number of hydrogen-bond donors (Lipinski definition) is 1. The summed E-state index contributed by atoms with van der Waals surface area (Å²) in [5.41, 5.74) is 2.57. The smallest absolute Gasteiger partial charge is 0.131 e. The van der Waals surface area contributed by atoms with Crippen molar-refractivity contribution in [3.8, 4) is 16.9 Å². The zero-order chi connectivity index (χ0) is 14.8. The highest BCUT2D eigenvalue weighted by atomic mass is 79.9. The van der Waals surface area contributed by atoms with Crippen molar-refractivity contribution >= 4 is 15.9 Å². The quantitative estimate of drug-likeness (QED) is 0.856. The first-order valence-corrected chi connectivity index (χ1v) is 7.82. The van der Waals surface area contributed by atoms with Crippen LogP contribution in [0.15, 0.2) is 40.9 Å². The Morgan fingerprint density at radius 2 is 2.00 bits per heavy atom. The second-order valence-electron chi connectivity index (χ2n) is 5.30. The summed E-state index contributed by atoms with van der Waals surface area (Å²) in [4.78, 5) is 0. The Morgan fingerprint density at radius 3 is 2.71 bits per heavy atom. The van der Waals surface area contributed by atoms with Gasteiger partial charge in [0.25, 0.3) is 0 Å². The van der Waals surface area contributed by atoms with Gasteiger partial charge in [0.1, 0.15) is 11.6 Å². The van der Waals surface area contributed by atoms with Crippen LogP contribution in [-0.2, 0) is 6.54 Å². The normalized spacial score (nSPS) is 14.2. The Hall–Kier alpha value is -1.39. The predicted octanol–water partition coefficient (Wildman–Crippen LogP) is 4.52. The zero-order valence-electron chi connectivity index (χ0n) is 11.8. The fourth-order valence-electron chi connectivity index (χ4n) is 2.35. The molecule has 2 aromatic rings. The van der Waals surface area contributed by atoms with Gasteiger partial charge in [0.15, 0.2) is 0 Å². The minimum Gasteiger partial charge on any atom is -0.497 e. The molecule has 0 aliphatic heterocycles. The average molecular weight is 350 g/mol. The lowest BCUT2D eigenvalue weighted by Crippen LogP contribution is -2.16. The molecule has 0 unspecified atom stereocenters. The number of rotatable bonds is 5. The fourth-order valence-corrected chi connectivity index (χ4v) is 2.71. The summed E-state index contributed by atoms with van der Waals surface area (Å²) in [6, 6.07) is 11.4. The predicted molar refractivity (Wildman–Crippen MR) is 85.9 cm³/mol. The molecule has 0 radical (unpaired) electrons. The first kappa shape index (κ1) is 14.5. The van der Waals surface area contributed by atoms with Crippen molar-refractivity contribution in [1.82, 2.24) is 5.32 Å². The van der Waals surface area contributed by atoms with Crippen molar-refractivity contribution in [2.45, 2.75) is 25.4 Å². The van der Waals surface area contributed by atoms with E-state index in [-0.39, 0.29) is 5.82 Å². The molecule has 21 heavy (non-hydrogen) atoms. The fraction of sp³-hybridized carbons (Fsp3) is 0.294. The number of nitrogens with one attached hydrogen (secondary N) is 1. The van der Waals surface area contributed by atoms with Gasteiger partial charge in [-0.3, -0.25) is 0 Å². The third-order valence-electron chi connectivity index (χ3n) is 3.69. The van der Waals surface area contributed by atoms with Crippen LogP contribution in [0, 0.1) is 5.82 Å². The maximum atomic E-state index is 14.2. The second kappa shape index (κ2) is 6.16. The van der Waals surface area contributed by atoms with Gasteiger partial charge in [0, 0.05) is 22.6 Å². The van der Waals surface area contributed by atoms with Gasteiger partial charge in [0.2, 0.25) is 0 Å². The summed E-state index contributed by atoms with van der Waals surface area (Å²) in [5, 5.41) is 3.48. The van der Waals surface area contributed by atoms with E-state index < -0.39 is 0 Å². The maximum Gasteiger partial charge on any atom is 0.131 e. The molecule has 2 aromatic carbocycles. The summed E-state index contributed by atoms with van der Waals surface area (Å²) in [6.45, 7) is 0.725. The van der Waals surface area contributed by atoms with Gasteiger partial charge < -0.3 is 10.1 Å². The number of benzene rings is 2. The molecule has 0 spiro atoms. The van der Waals surface area contributed by atoms with Crippen molar-refractivity contribution in [2.24, 2.45) is 0 Å². The molecular formula is C17H17BrFNO. The van der Waals surface area contributed by atoms with Crippen molar-refractivity contribution < 1.29 is 9.13 Å². The molecule has 1 fully saturated rings. The molecular weight excluding hydrogens is 333 g/mol. The van der Waals surface area contributed by atoms with Crippen LogP contribution in [0.5, 0.6) is 5.75 Å². The van der Waals surface area contributed by atoms with Crippen molar-refractivity contribution in [2.75, 3.05) is 7.11 Å². The number of hydrogen-bond acceptors (Lipinski definition) is 2. The molecule has 0 amide bonds. The summed E-state index contributed by atoms with van der Waals surface area (Å²) in [6.07, 6.45) is 2.45. The molecule has 0 aromatic heterocycles. The summed E-state index contributed by atoms with van der Waals surface area (Å²) in [5.74, 6) is 0.581. The van der Waals surface area contributed by atoms with Gasteiger partial charge in [-0.05, 0) is 54.3 Å². The minimum atomic E-state index is -0.212. The molecule has 1 aliphatic carbocycles. The first-order valence-electron chi connectivity index (χ1n) is 7.03. The number of halogens is 2. The van der Waals surface area contributed by atoms with Crippen molar-refractivity contribution in [3.05, 3.63) is 52.3 Å².